The molecule has 0 spiro atoms. The first-order chi connectivity index (χ1) is 9.11. The van der Waals surface area contributed by atoms with Crippen LogP contribution in [0.2, 0.25) is 0 Å². The summed E-state index contributed by atoms with van der Waals surface area (Å²) in [6.45, 7) is 6.93. The molecular formula is C15H32N4. The SMILES string of the molecule is CN1CCC(C(C2CCN(CCN)CC2)N(C)C)C1. The van der Waals surface area contributed by atoms with E-state index in [9.17, 15) is 0 Å². The molecule has 2 N–H and O–H groups in total. The summed E-state index contributed by atoms with van der Waals surface area (Å²) in [6, 6.07) is 0.768. The predicted octanol–water partition coefficient (Wildman–Crippen LogP) is 0.539. The van der Waals surface area contributed by atoms with Gasteiger partial charge in [-0.1, -0.05) is 0 Å². The maximum atomic E-state index is 5.66. The van der Waals surface area contributed by atoms with E-state index in [-0.39, 0.29) is 0 Å². The van der Waals surface area contributed by atoms with Crippen LogP contribution in [-0.2, 0) is 0 Å². The Morgan fingerprint density at radius 1 is 1.11 bits per heavy atom. The molecule has 2 atom stereocenters. The van der Waals surface area contributed by atoms with Crippen LogP contribution in [0.25, 0.3) is 0 Å². The zero-order valence-electron chi connectivity index (χ0n) is 13.0. The van der Waals surface area contributed by atoms with Gasteiger partial charge in [0, 0.05) is 25.7 Å². The van der Waals surface area contributed by atoms with Crippen molar-refractivity contribution in [3.05, 3.63) is 0 Å². The van der Waals surface area contributed by atoms with Crippen molar-refractivity contribution in [2.45, 2.75) is 25.3 Å². The standard InChI is InChI=1S/C15H32N4/c1-17(2)15(14-4-8-18(3)12-14)13-5-9-19(10-6-13)11-7-16/h13-15H,4-12,16H2,1-3H3. The minimum absolute atomic E-state index is 0.768. The molecular weight excluding hydrogens is 236 g/mol. The van der Waals surface area contributed by atoms with Gasteiger partial charge in [-0.25, -0.2) is 0 Å². The zero-order chi connectivity index (χ0) is 13.8. The van der Waals surface area contributed by atoms with Gasteiger partial charge in [0.15, 0.2) is 0 Å². The number of piperidine rings is 1. The molecule has 2 aliphatic heterocycles. The molecule has 2 heterocycles. The minimum Gasteiger partial charge on any atom is -0.329 e. The molecule has 19 heavy (non-hydrogen) atoms. The number of nitrogens with zero attached hydrogens (tertiary/aromatic N) is 3. The third kappa shape index (κ3) is 3.91. The van der Waals surface area contributed by atoms with E-state index in [4.69, 9.17) is 5.73 Å². The van der Waals surface area contributed by atoms with Crippen LogP contribution in [0, 0.1) is 11.8 Å². The van der Waals surface area contributed by atoms with E-state index >= 15 is 0 Å². The van der Waals surface area contributed by atoms with Gasteiger partial charge < -0.3 is 20.4 Å². The highest BCUT2D eigenvalue weighted by atomic mass is 15.2. The molecule has 0 bridgehead atoms. The fraction of sp³-hybridized carbons (Fsp3) is 1.00. The second-order valence-electron chi connectivity index (χ2n) is 6.73. The molecule has 4 nitrogen and oxygen atoms in total. The molecule has 0 aromatic heterocycles. The largest absolute Gasteiger partial charge is 0.329 e. The van der Waals surface area contributed by atoms with Gasteiger partial charge in [0.1, 0.15) is 0 Å². The predicted molar refractivity (Wildman–Crippen MR) is 81.3 cm³/mol. The molecule has 0 aromatic carbocycles. The van der Waals surface area contributed by atoms with Crippen LogP contribution < -0.4 is 5.73 Å². The molecule has 0 aliphatic carbocycles. The summed E-state index contributed by atoms with van der Waals surface area (Å²) >= 11 is 0. The van der Waals surface area contributed by atoms with Crippen LogP contribution in [-0.4, -0.2) is 81.2 Å². The Bertz CT molecular complexity index is 261. The fourth-order valence-corrected chi connectivity index (χ4v) is 4.18. The lowest BCUT2D eigenvalue weighted by Crippen LogP contribution is -2.47. The molecule has 2 unspecified atom stereocenters. The summed E-state index contributed by atoms with van der Waals surface area (Å²) in [6.07, 6.45) is 4.08. The molecule has 0 amide bonds. The van der Waals surface area contributed by atoms with Crippen LogP contribution in [0.5, 0.6) is 0 Å². The Kier molecular flexibility index (Phi) is 5.63. The summed E-state index contributed by atoms with van der Waals surface area (Å²) in [5.74, 6) is 1.74. The first-order valence-electron chi connectivity index (χ1n) is 7.89. The van der Waals surface area contributed by atoms with Crippen LogP contribution in [0.1, 0.15) is 19.3 Å². The Labute approximate surface area is 118 Å². The van der Waals surface area contributed by atoms with E-state index in [0.29, 0.717) is 0 Å². The third-order valence-electron chi connectivity index (χ3n) is 5.07. The van der Waals surface area contributed by atoms with E-state index in [2.05, 4.69) is 35.8 Å². The van der Waals surface area contributed by atoms with E-state index < -0.39 is 0 Å². The van der Waals surface area contributed by atoms with Crippen molar-refractivity contribution in [2.24, 2.45) is 17.6 Å². The molecule has 4 heteroatoms. The lowest BCUT2D eigenvalue weighted by Gasteiger charge is -2.41. The van der Waals surface area contributed by atoms with Crippen molar-refractivity contribution >= 4 is 0 Å². The molecule has 112 valence electrons. The third-order valence-corrected chi connectivity index (χ3v) is 5.07. The van der Waals surface area contributed by atoms with Crippen molar-refractivity contribution in [3.63, 3.8) is 0 Å². The summed E-state index contributed by atoms with van der Waals surface area (Å²) in [4.78, 5) is 7.52. The second-order valence-corrected chi connectivity index (χ2v) is 6.73. The Morgan fingerprint density at radius 2 is 1.74 bits per heavy atom. The Hall–Kier alpha value is -0.160. The quantitative estimate of drug-likeness (QED) is 0.789. The second kappa shape index (κ2) is 7.02. The van der Waals surface area contributed by atoms with Gasteiger partial charge in [0.25, 0.3) is 0 Å². The summed E-state index contributed by atoms with van der Waals surface area (Å²) in [5, 5.41) is 0. The number of rotatable bonds is 5. The molecule has 2 saturated heterocycles. The van der Waals surface area contributed by atoms with Gasteiger partial charge in [-0.2, -0.15) is 0 Å². The molecule has 2 fully saturated rings. The van der Waals surface area contributed by atoms with Gasteiger partial charge in [0.2, 0.25) is 0 Å². The topological polar surface area (TPSA) is 35.7 Å². The maximum Gasteiger partial charge on any atom is 0.0159 e. The van der Waals surface area contributed by atoms with Gasteiger partial charge in [-0.05, 0) is 71.9 Å². The Morgan fingerprint density at radius 3 is 2.21 bits per heavy atom. The fourth-order valence-electron chi connectivity index (χ4n) is 4.18. The molecule has 0 saturated carbocycles. The highest BCUT2D eigenvalue weighted by molar-refractivity contribution is 4.90. The molecule has 2 aliphatic rings. The van der Waals surface area contributed by atoms with Crippen LogP contribution in [0.4, 0.5) is 0 Å². The van der Waals surface area contributed by atoms with Crippen molar-refractivity contribution in [1.82, 2.24) is 14.7 Å². The number of hydrogen-bond donors (Lipinski definition) is 1. The summed E-state index contributed by atoms with van der Waals surface area (Å²) in [7, 11) is 6.81. The first-order valence-corrected chi connectivity index (χ1v) is 7.89. The van der Waals surface area contributed by atoms with Crippen molar-refractivity contribution in [1.29, 1.82) is 0 Å². The minimum atomic E-state index is 0.768. The normalized spacial score (nSPS) is 29.2. The maximum absolute atomic E-state index is 5.66. The van der Waals surface area contributed by atoms with E-state index in [1.807, 2.05) is 0 Å². The lowest BCUT2D eigenvalue weighted by atomic mass is 9.81. The van der Waals surface area contributed by atoms with Crippen molar-refractivity contribution < 1.29 is 0 Å². The molecule has 0 radical (unpaired) electrons. The van der Waals surface area contributed by atoms with Gasteiger partial charge in [0.05, 0.1) is 0 Å². The summed E-state index contributed by atoms with van der Waals surface area (Å²) in [5.41, 5.74) is 5.66. The van der Waals surface area contributed by atoms with Gasteiger partial charge in [-0.15, -0.1) is 0 Å². The van der Waals surface area contributed by atoms with E-state index in [0.717, 1.165) is 31.0 Å². The number of likely N-dealkylation sites (tertiary alicyclic amines) is 2. The van der Waals surface area contributed by atoms with Gasteiger partial charge in [-0.3, -0.25) is 0 Å². The first kappa shape index (κ1) is 15.2. The average molecular weight is 268 g/mol. The Balaban J connectivity index is 1.90. The monoisotopic (exact) mass is 268 g/mol. The summed E-state index contributed by atoms with van der Waals surface area (Å²) < 4.78 is 0. The number of hydrogen-bond acceptors (Lipinski definition) is 4. The highest BCUT2D eigenvalue weighted by Gasteiger charge is 2.36. The van der Waals surface area contributed by atoms with E-state index in [1.165, 1.54) is 45.4 Å². The van der Waals surface area contributed by atoms with Crippen LogP contribution >= 0.6 is 0 Å². The van der Waals surface area contributed by atoms with Crippen LogP contribution in [0.15, 0.2) is 0 Å². The molecule has 0 aromatic rings. The van der Waals surface area contributed by atoms with Gasteiger partial charge >= 0.3 is 0 Å². The highest BCUT2D eigenvalue weighted by Crippen LogP contribution is 2.32. The average Bonchev–Trinajstić information content (AvgIpc) is 2.78. The lowest BCUT2D eigenvalue weighted by molar-refractivity contribution is 0.0845. The van der Waals surface area contributed by atoms with Crippen molar-refractivity contribution in [3.8, 4) is 0 Å². The van der Waals surface area contributed by atoms with Crippen molar-refractivity contribution in [2.75, 3.05) is 60.4 Å². The van der Waals surface area contributed by atoms with Crippen LogP contribution in [0.3, 0.4) is 0 Å². The molecule has 2 rings (SSSR count). The van der Waals surface area contributed by atoms with E-state index in [1.54, 1.807) is 0 Å². The smallest absolute Gasteiger partial charge is 0.0159 e. The zero-order valence-corrected chi connectivity index (χ0v) is 13.0. The number of nitrogens with two attached hydrogens (primary N) is 1.